The van der Waals surface area contributed by atoms with Gasteiger partial charge in [0.25, 0.3) is 0 Å². The largest absolute Gasteiger partial charge is 0.367 e. The Morgan fingerprint density at radius 2 is 1.54 bits per heavy atom. The first-order valence-corrected chi connectivity index (χ1v) is 6.02. The summed E-state index contributed by atoms with van der Waals surface area (Å²) in [5, 5.41) is 0. The number of rotatable bonds is 9. The minimum absolute atomic E-state index is 0.0138. The molecule has 0 aromatic carbocycles. The van der Waals surface area contributed by atoms with Gasteiger partial charge in [-0.1, -0.05) is 58.1 Å². The summed E-state index contributed by atoms with van der Waals surface area (Å²) in [7, 11) is 0. The normalized spacial score (nSPS) is 13.2. The minimum Gasteiger partial charge on any atom is -0.367 e. The second kappa shape index (κ2) is 10.4. The van der Waals surface area contributed by atoms with Gasteiger partial charge in [-0.2, -0.15) is 0 Å². The van der Waals surface area contributed by atoms with Crippen molar-refractivity contribution < 1.29 is 4.74 Å². The van der Waals surface area contributed by atoms with Crippen LogP contribution in [0.15, 0.2) is 0 Å². The van der Waals surface area contributed by atoms with Crippen molar-refractivity contribution in [2.24, 2.45) is 0 Å². The third kappa shape index (κ3) is 12.3. The molecule has 1 atom stereocenters. The molecule has 0 bridgehead atoms. The van der Waals surface area contributed by atoms with E-state index in [0.29, 0.717) is 0 Å². The number of unbranched alkanes of at least 4 members (excludes halogenated alkanes) is 6. The second-order valence-corrected chi connectivity index (χ2v) is 4.22. The Kier molecular flexibility index (Phi) is 10.6. The van der Waals surface area contributed by atoms with E-state index in [2.05, 4.69) is 6.92 Å². The van der Waals surface area contributed by atoms with Gasteiger partial charge in [-0.25, -0.2) is 0 Å². The van der Waals surface area contributed by atoms with Crippen LogP contribution in [-0.4, -0.2) is 12.0 Å². The molecule has 13 heavy (non-hydrogen) atoms. The molecule has 79 valence electrons. The van der Waals surface area contributed by atoms with Crippen LogP contribution in [0.4, 0.5) is 0 Å². The molecule has 0 N–H and O–H groups in total. The maximum Gasteiger partial charge on any atom is 0.110 e. The molecule has 2 heteroatoms. The molecular formula is C11H23OS. The van der Waals surface area contributed by atoms with Gasteiger partial charge in [0.2, 0.25) is 0 Å². The van der Waals surface area contributed by atoms with Gasteiger partial charge in [-0.05, 0) is 13.3 Å². The fourth-order valence-corrected chi connectivity index (χ4v) is 1.40. The summed E-state index contributed by atoms with van der Waals surface area (Å²) in [6.45, 7) is 5.01. The molecule has 1 unspecified atom stereocenters. The van der Waals surface area contributed by atoms with Gasteiger partial charge in [0, 0.05) is 6.61 Å². The number of ether oxygens (including phenoxy) is 1. The molecule has 0 saturated carbocycles. The molecule has 0 aliphatic rings. The average Bonchev–Trinajstić information content (AvgIpc) is 2.09. The first-order chi connectivity index (χ1) is 6.27. The summed E-state index contributed by atoms with van der Waals surface area (Å²) in [5.41, 5.74) is -0.0138. The van der Waals surface area contributed by atoms with Crippen LogP contribution in [0.2, 0.25) is 0 Å². The van der Waals surface area contributed by atoms with Gasteiger partial charge in [0.15, 0.2) is 0 Å². The van der Waals surface area contributed by atoms with Gasteiger partial charge in [0.1, 0.15) is 5.44 Å². The molecule has 0 aromatic rings. The SMILES string of the molecule is CCCCCCCCCOC(C)[S]. The van der Waals surface area contributed by atoms with Crippen molar-refractivity contribution in [2.45, 2.75) is 64.2 Å². The average molecular weight is 203 g/mol. The molecule has 0 aliphatic heterocycles. The fourth-order valence-electron chi connectivity index (χ4n) is 1.31. The zero-order valence-electron chi connectivity index (χ0n) is 9.05. The lowest BCUT2D eigenvalue weighted by Crippen LogP contribution is -2.00. The van der Waals surface area contributed by atoms with E-state index >= 15 is 0 Å². The third-order valence-corrected chi connectivity index (χ3v) is 2.24. The van der Waals surface area contributed by atoms with Crippen LogP contribution in [0.3, 0.4) is 0 Å². The van der Waals surface area contributed by atoms with Crippen LogP contribution in [0, 0.1) is 0 Å². The molecule has 0 amide bonds. The monoisotopic (exact) mass is 203 g/mol. The third-order valence-electron chi connectivity index (χ3n) is 2.10. The van der Waals surface area contributed by atoms with Crippen LogP contribution in [0.5, 0.6) is 0 Å². The van der Waals surface area contributed by atoms with Crippen molar-refractivity contribution in [1.82, 2.24) is 0 Å². The Labute approximate surface area is 88.7 Å². The summed E-state index contributed by atoms with van der Waals surface area (Å²) in [5.74, 6) is 0. The highest BCUT2D eigenvalue weighted by molar-refractivity contribution is 7.80. The van der Waals surface area contributed by atoms with Crippen molar-refractivity contribution in [3.63, 3.8) is 0 Å². The van der Waals surface area contributed by atoms with E-state index in [1.165, 1.54) is 44.9 Å². The summed E-state index contributed by atoms with van der Waals surface area (Å²) >= 11 is 4.89. The molecule has 0 aliphatic carbocycles. The first-order valence-electron chi connectivity index (χ1n) is 5.54. The summed E-state index contributed by atoms with van der Waals surface area (Å²) in [6, 6.07) is 0. The highest BCUT2D eigenvalue weighted by atomic mass is 32.1. The van der Waals surface area contributed by atoms with Crippen molar-refractivity contribution in [3.05, 3.63) is 0 Å². The predicted molar refractivity (Wildman–Crippen MR) is 61.0 cm³/mol. The Morgan fingerprint density at radius 3 is 2.08 bits per heavy atom. The maximum absolute atomic E-state index is 5.28. The highest BCUT2D eigenvalue weighted by Crippen LogP contribution is 2.07. The lowest BCUT2D eigenvalue weighted by Gasteiger charge is -2.05. The van der Waals surface area contributed by atoms with Crippen LogP contribution in [0.1, 0.15) is 58.8 Å². The van der Waals surface area contributed by atoms with Gasteiger partial charge < -0.3 is 4.74 Å². The molecule has 0 spiro atoms. The zero-order valence-corrected chi connectivity index (χ0v) is 9.87. The van der Waals surface area contributed by atoms with E-state index in [0.717, 1.165) is 6.61 Å². The van der Waals surface area contributed by atoms with Gasteiger partial charge in [-0.3, -0.25) is 0 Å². The van der Waals surface area contributed by atoms with E-state index in [9.17, 15) is 0 Å². The number of hydrogen-bond donors (Lipinski definition) is 0. The minimum atomic E-state index is -0.0138. The summed E-state index contributed by atoms with van der Waals surface area (Å²) < 4.78 is 5.28. The molecule has 0 rings (SSSR count). The highest BCUT2D eigenvalue weighted by Gasteiger charge is 1.94. The first kappa shape index (κ1) is 13.3. The Balaban J connectivity index is 2.84. The lowest BCUT2D eigenvalue weighted by molar-refractivity contribution is 0.121. The molecule has 0 heterocycles. The van der Waals surface area contributed by atoms with E-state index < -0.39 is 0 Å². The van der Waals surface area contributed by atoms with Crippen LogP contribution in [0.25, 0.3) is 0 Å². The van der Waals surface area contributed by atoms with E-state index in [4.69, 9.17) is 17.4 Å². The molecule has 0 fully saturated rings. The quantitative estimate of drug-likeness (QED) is 0.508. The Hall–Kier alpha value is 0.310. The predicted octanol–water partition coefficient (Wildman–Crippen LogP) is 4.30. The van der Waals surface area contributed by atoms with Crippen LogP contribution < -0.4 is 0 Å². The van der Waals surface area contributed by atoms with E-state index in [1.54, 1.807) is 0 Å². The second-order valence-electron chi connectivity index (χ2n) is 3.56. The van der Waals surface area contributed by atoms with Crippen molar-refractivity contribution in [3.8, 4) is 0 Å². The van der Waals surface area contributed by atoms with Gasteiger partial charge in [-0.15, -0.1) is 0 Å². The zero-order chi connectivity index (χ0) is 9.94. The molecule has 1 nitrogen and oxygen atoms in total. The molecule has 1 radical (unpaired) electrons. The lowest BCUT2D eigenvalue weighted by atomic mass is 10.1. The molecule has 0 saturated heterocycles. The van der Waals surface area contributed by atoms with Crippen molar-refractivity contribution in [2.75, 3.05) is 6.61 Å². The standard InChI is InChI=1S/C11H23OS/c1-3-4-5-6-7-8-9-10-12-11(2)13/h11H,3-10H2,1-2H3. The van der Waals surface area contributed by atoms with Crippen molar-refractivity contribution in [1.29, 1.82) is 0 Å². The summed E-state index contributed by atoms with van der Waals surface area (Å²) in [6.07, 6.45) is 9.33. The topological polar surface area (TPSA) is 9.23 Å². The van der Waals surface area contributed by atoms with Crippen LogP contribution in [-0.2, 0) is 4.74 Å². The number of hydrogen-bond acceptors (Lipinski definition) is 1. The smallest absolute Gasteiger partial charge is 0.110 e. The van der Waals surface area contributed by atoms with Crippen LogP contribution >= 0.6 is 12.6 Å². The van der Waals surface area contributed by atoms with E-state index in [1.807, 2.05) is 6.92 Å². The Bertz CT molecular complexity index is 94.1. The fraction of sp³-hybridized carbons (Fsp3) is 1.00. The Morgan fingerprint density at radius 1 is 1.00 bits per heavy atom. The van der Waals surface area contributed by atoms with Gasteiger partial charge in [0.05, 0.1) is 0 Å². The molecular weight excluding hydrogens is 180 g/mol. The molecule has 0 aromatic heterocycles. The maximum atomic E-state index is 5.28. The van der Waals surface area contributed by atoms with Gasteiger partial charge >= 0.3 is 0 Å². The van der Waals surface area contributed by atoms with E-state index in [-0.39, 0.29) is 5.44 Å². The van der Waals surface area contributed by atoms with Crippen molar-refractivity contribution >= 4 is 12.6 Å². The summed E-state index contributed by atoms with van der Waals surface area (Å²) in [4.78, 5) is 0.